The van der Waals surface area contributed by atoms with Gasteiger partial charge in [-0.2, -0.15) is 5.26 Å². The molecule has 0 radical (unpaired) electrons. The van der Waals surface area contributed by atoms with Gasteiger partial charge in [0.25, 0.3) is 0 Å². The molecule has 6 nitrogen and oxygen atoms in total. The number of imidazole rings is 1. The summed E-state index contributed by atoms with van der Waals surface area (Å²) in [4.78, 5) is 30.8. The number of nitriles is 1. The molecule has 1 atom stereocenters. The Balaban J connectivity index is 2.00. The molecule has 0 aliphatic carbocycles. The predicted octanol–water partition coefficient (Wildman–Crippen LogP) is 2.05. The van der Waals surface area contributed by atoms with Crippen molar-refractivity contribution in [2.24, 2.45) is 0 Å². The van der Waals surface area contributed by atoms with Crippen LogP contribution < -0.4 is 5.32 Å². The summed E-state index contributed by atoms with van der Waals surface area (Å²) >= 11 is 0. The molecule has 0 fully saturated rings. The van der Waals surface area contributed by atoms with Crippen molar-refractivity contribution in [1.82, 2.24) is 15.3 Å². The fraction of sp³-hybridized carbons (Fsp3) is 0.375. The third kappa shape index (κ3) is 3.70. The van der Waals surface area contributed by atoms with E-state index < -0.39 is 5.92 Å². The summed E-state index contributed by atoms with van der Waals surface area (Å²) in [5.41, 5.74) is 1.53. The molecule has 22 heavy (non-hydrogen) atoms. The first kappa shape index (κ1) is 15.7. The molecule has 0 bridgehead atoms. The van der Waals surface area contributed by atoms with Crippen LogP contribution >= 0.6 is 0 Å². The Bertz CT molecular complexity index is 681. The van der Waals surface area contributed by atoms with Crippen LogP contribution in [0.3, 0.4) is 0 Å². The van der Waals surface area contributed by atoms with Gasteiger partial charge in [-0.1, -0.05) is 12.1 Å². The van der Waals surface area contributed by atoms with E-state index in [1.165, 1.54) is 0 Å². The smallest absolute Gasteiger partial charge is 0.219 e. The number of carbonyl (C=O) groups excluding carboxylic acids is 2. The Morgan fingerprint density at radius 2 is 2.14 bits per heavy atom. The number of aromatic nitrogens is 2. The van der Waals surface area contributed by atoms with Gasteiger partial charge in [-0.25, -0.2) is 4.98 Å². The number of fused-ring (bicyclic) bond motifs is 1. The van der Waals surface area contributed by atoms with E-state index in [9.17, 15) is 14.9 Å². The molecule has 0 aliphatic heterocycles. The number of amides is 1. The lowest BCUT2D eigenvalue weighted by Crippen LogP contribution is -2.22. The molecule has 0 saturated carbocycles. The molecule has 1 aromatic carbocycles. The molecule has 6 heteroatoms. The zero-order chi connectivity index (χ0) is 15.9. The van der Waals surface area contributed by atoms with E-state index in [1.54, 1.807) is 0 Å². The van der Waals surface area contributed by atoms with Crippen LogP contribution in [-0.2, 0) is 9.59 Å². The molecule has 2 aromatic rings. The molecule has 2 rings (SSSR count). The molecule has 2 N–H and O–H groups in total. The highest BCUT2D eigenvalue weighted by molar-refractivity contribution is 5.89. The minimum absolute atomic E-state index is 0.0763. The second-order valence-corrected chi connectivity index (χ2v) is 4.97. The van der Waals surface area contributed by atoms with Crippen LogP contribution in [0.1, 0.15) is 37.9 Å². The number of rotatable bonds is 7. The molecule has 0 saturated heterocycles. The van der Waals surface area contributed by atoms with Crippen LogP contribution in [0.4, 0.5) is 0 Å². The number of hydrogen-bond acceptors (Lipinski definition) is 4. The SMILES string of the molecule is CCNC(=O)CCCC(=O)[C@@H](C#N)c1nc2ccccc2[nH]1. The summed E-state index contributed by atoms with van der Waals surface area (Å²) in [6.07, 6.45) is 0.910. The lowest BCUT2D eigenvalue weighted by Gasteiger charge is -2.05. The number of nitrogens with one attached hydrogen (secondary N) is 2. The van der Waals surface area contributed by atoms with E-state index in [4.69, 9.17) is 0 Å². The van der Waals surface area contributed by atoms with Crippen molar-refractivity contribution in [3.05, 3.63) is 30.1 Å². The maximum atomic E-state index is 12.2. The van der Waals surface area contributed by atoms with Gasteiger partial charge < -0.3 is 10.3 Å². The molecule has 1 aromatic heterocycles. The average Bonchev–Trinajstić information content (AvgIpc) is 2.91. The minimum atomic E-state index is -0.915. The van der Waals surface area contributed by atoms with Gasteiger partial charge in [-0.15, -0.1) is 0 Å². The molecular weight excluding hydrogens is 280 g/mol. The van der Waals surface area contributed by atoms with Gasteiger partial charge in [0.15, 0.2) is 11.7 Å². The van der Waals surface area contributed by atoms with Crippen molar-refractivity contribution < 1.29 is 9.59 Å². The number of nitrogens with zero attached hydrogens (tertiary/aromatic N) is 2. The maximum Gasteiger partial charge on any atom is 0.219 e. The molecular formula is C16H18N4O2. The highest BCUT2D eigenvalue weighted by Gasteiger charge is 2.23. The molecule has 114 valence electrons. The second kappa shape index (κ2) is 7.36. The summed E-state index contributed by atoms with van der Waals surface area (Å²) in [5.74, 6) is -0.841. The van der Waals surface area contributed by atoms with Gasteiger partial charge in [-0.3, -0.25) is 9.59 Å². The first-order valence-corrected chi connectivity index (χ1v) is 7.29. The Labute approximate surface area is 128 Å². The second-order valence-electron chi connectivity index (χ2n) is 4.97. The number of Topliss-reactive ketones (excluding diaryl/α,β-unsaturated/α-hetero) is 1. The van der Waals surface area contributed by atoms with Crippen LogP contribution in [0.2, 0.25) is 0 Å². The number of hydrogen-bond donors (Lipinski definition) is 2. The number of aromatic amines is 1. The van der Waals surface area contributed by atoms with Gasteiger partial charge in [0.05, 0.1) is 17.1 Å². The zero-order valence-corrected chi connectivity index (χ0v) is 12.4. The number of H-pyrrole nitrogens is 1. The van der Waals surface area contributed by atoms with Crippen molar-refractivity contribution in [3.8, 4) is 6.07 Å². The molecule has 1 amide bonds. The van der Waals surface area contributed by atoms with Crippen molar-refractivity contribution >= 4 is 22.7 Å². The van der Waals surface area contributed by atoms with E-state index in [2.05, 4.69) is 15.3 Å². The fourth-order valence-corrected chi connectivity index (χ4v) is 2.25. The third-order valence-corrected chi connectivity index (χ3v) is 3.33. The standard InChI is InChI=1S/C16H18N4O2/c1-2-18-15(22)9-5-8-14(21)11(10-17)16-19-12-6-3-4-7-13(12)20-16/h3-4,6-7,11H,2,5,8-9H2,1H3,(H,18,22)(H,19,20)/t11-/m1/s1. The molecule has 0 unspecified atom stereocenters. The molecule has 0 aliphatic rings. The largest absolute Gasteiger partial charge is 0.356 e. The predicted molar refractivity (Wildman–Crippen MR) is 82.0 cm³/mol. The number of carbonyl (C=O) groups is 2. The third-order valence-electron chi connectivity index (χ3n) is 3.33. The highest BCUT2D eigenvalue weighted by atomic mass is 16.1. The Morgan fingerprint density at radius 1 is 1.36 bits per heavy atom. The van der Waals surface area contributed by atoms with Crippen molar-refractivity contribution in [1.29, 1.82) is 5.26 Å². The highest BCUT2D eigenvalue weighted by Crippen LogP contribution is 2.19. The summed E-state index contributed by atoms with van der Waals surface area (Å²) in [7, 11) is 0. The van der Waals surface area contributed by atoms with Gasteiger partial charge in [0.2, 0.25) is 5.91 Å². The van der Waals surface area contributed by atoms with Crippen LogP contribution in [0, 0.1) is 11.3 Å². The van der Waals surface area contributed by atoms with Crippen molar-refractivity contribution in [3.63, 3.8) is 0 Å². The zero-order valence-electron chi connectivity index (χ0n) is 12.4. The van der Waals surface area contributed by atoms with Crippen LogP contribution in [0.15, 0.2) is 24.3 Å². The number of ketones is 1. The van der Waals surface area contributed by atoms with E-state index >= 15 is 0 Å². The van der Waals surface area contributed by atoms with Crippen LogP contribution in [0.5, 0.6) is 0 Å². The average molecular weight is 298 g/mol. The van der Waals surface area contributed by atoms with Crippen molar-refractivity contribution in [2.75, 3.05) is 6.54 Å². The summed E-state index contributed by atoms with van der Waals surface area (Å²) < 4.78 is 0. The monoisotopic (exact) mass is 298 g/mol. The van der Waals surface area contributed by atoms with Crippen LogP contribution in [-0.4, -0.2) is 28.2 Å². The Morgan fingerprint density at radius 3 is 2.82 bits per heavy atom. The van der Waals surface area contributed by atoms with E-state index in [0.29, 0.717) is 18.8 Å². The summed E-state index contributed by atoms with van der Waals surface area (Å²) in [6.45, 7) is 2.42. The van der Waals surface area contributed by atoms with Gasteiger partial charge >= 0.3 is 0 Å². The quantitative estimate of drug-likeness (QED) is 0.817. The van der Waals surface area contributed by atoms with Gasteiger partial charge in [0, 0.05) is 19.4 Å². The summed E-state index contributed by atoms with van der Waals surface area (Å²) in [6, 6.07) is 9.38. The van der Waals surface area contributed by atoms with Crippen molar-refractivity contribution in [2.45, 2.75) is 32.1 Å². The van der Waals surface area contributed by atoms with E-state index in [-0.39, 0.29) is 24.5 Å². The first-order valence-electron chi connectivity index (χ1n) is 7.29. The summed E-state index contributed by atoms with van der Waals surface area (Å²) in [5, 5.41) is 11.9. The topological polar surface area (TPSA) is 98.6 Å². The van der Waals surface area contributed by atoms with E-state index in [1.807, 2.05) is 37.3 Å². The first-order chi connectivity index (χ1) is 10.7. The lowest BCUT2D eigenvalue weighted by molar-refractivity contribution is -0.121. The minimum Gasteiger partial charge on any atom is -0.356 e. The molecule has 0 spiro atoms. The molecule has 1 heterocycles. The van der Waals surface area contributed by atoms with E-state index in [0.717, 1.165) is 11.0 Å². The number of para-hydroxylation sites is 2. The lowest BCUT2D eigenvalue weighted by atomic mass is 10.00. The Kier molecular flexibility index (Phi) is 5.26. The maximum absolute atomic E-state index is 12.2. The van der Waals surface area contributed by atoms with Gasteiger partial charge in [0.1, 0.15) is 5.82 Å². The number of benzene rings is 1. The fourth-order valence-electron chi connectivity index (χ4n) is 2.25. The van der Waals surface area contributed by atoms with Crippen LogP contribution in [0.25, 0.3) is 11.0 Å². The normalized spacial score (nSPS) is 11.8. The Hall–Kier alpha value is -2.68. The van der Waals surface area contributed by atoms with Gasteiger partial charge in [-0.05, 0) is 25.5 Å².